The van der Waals surface area contributed by atoms with Crippen LogP contribution in [0.25, 0.3) is 6.08 Å². The van der Waals surface area contributed by atoms with E-state index in [2.05, 4.69) is 5.32 Å². The highest BCUT2D eigenvalue weighted by molar-refractivity contribution is 6.30. The molecule has 1 N–H and O–H groups in total. The molecule has 2 aromatic carbocycles. The van der Waals surface area contributed by atoms with E-state index in [-0.39, 0.29) is 5.57 Å². The minimum Gasteiger partial charge on any atom is -0.321 e. The van der Waals surface area contributed by atoms with Crippen molar-refractivity contribution in [3.05, 3.63) is 70.3 Å². The number of aryl methyl sites for hydroxylation is 1. The Kier molecular flexibility index (Phi) is 5.35. The molecular weight excluding hydrogens is 296 g/mol. The molecule has 0 aliphatic rings. The Bertz CT molecular complexity index is 742. The Morgan fingerprint density at radius 3 is 2.55 bits per heavy atom. The van der Waals surface area contributed by atoms with Crippen LogP contribution in [0.4, 0.5) is 5.69 Å². The molecule has 0 aromatic heterocycles. The molecule has 1 amide bonds. The summed E-state index contributed by atoms with van der Waals surface area (Å²) in [7, 11) is 0. The van der Waals surface area contributed by atoms with Crippen LogP contribution in [0.3, 0.4) is 0 Å². The largest absolute Gasteiger partial charge is 0.321 e. The molecule has 0 bridgehead atoms. The maximum Gasteiger partial charge on any atom is 0.266 e. The molecule has 0 aliphatic carbocycles. The van der Waals surface area contributed by atoms with Gasteiger partial charge in [0.15, 0.2) is 0 Å². The molecule has 110 valence electrons. The SMILES string of the molecule is CCc1ccccc1NC(=O)/C(C#N)=C/c1ccc(Cl)cc1. The summed E-state index contributed by atoms with van der Waals surface area (Å²) in [6.45, 7) is 2.01. The monoisotopic (exact) mass is 310 g/mol. The molecule has 4 heteroatoms. The fourth-order valence-electron chi connectivity index (χ4n) is 2.01. The number of amides is 1. The van der Waals surface area contributed by atoms with Crippen LogP contribution in [0.2, 0.25) is 5.02 Å². The number of anilines is 1. The molecule has 3 nitrogen and oxygen atoms in total. The summed E-state index contributed by atoms with van der Waals surface area (Å²) in [4.78, 5) is 12.3. The maximum atomic E-state index is 12.3. The summed E-state index contributed by atoms with van der Waals surface area (Å²) in [5, 5.41) is 12.6. The third-order valence-corrected chi connectivity index (χ3v) is 3.44. The second kappa shape index (κ2) is 7.44. The van der Waals surface area contributed by atoms with Crippen molar-refractivity contribution < 1.29 is 4.79 Å². The molecule has 0 heterocycles. The lowest BCUT2D eigenvalue weighted by atomic mass is 10.1. The fraction of sp³-hybridized carbons (Fsp3) is 0.111. The van der Waals surface area contributed by atoms with Gasteiger partial charge in [-0.2, -0.15) is 5.26 Å². The highest BCUT2D eigenvalue weighted by Crippen LogP contribution is 2.17. The first-order valence-electron chi connectivity index (χ1n) is 6.90. The number of hydrogen-bond donors (Lipinski definition) is 1. The molecule has 0 spiro atoms. The molecule has 22 heavy (non-hydrogen) atoms. The highest BCUT2D eigenvalue weighted by Gasteiger charge is 2.11. The smallest absolute Gasteiger partial charge is 0.266 e. The lowest BCUT2D eigenvalue weighted by Crippen LogP contribution is -2.14. The lowest BCUT2D eigenvalue weighted by molar-refractivity contribution is -0.112. The van der Waals surface area contributed by atoms with Gasteiger partial charge in [-0.3, -0.25) is 4.79 Å². The molecule has 0 saturated heterocycles. The molecule has 0 radical (unpaired) electrons. The predicted molar refractivity (Wildman–Crippen MR) is 89.5 cm³/mol. The predicted octanol–water partition coefficient (Wildman–Crippen LogP) is 4.45. The Morgan fingerprint density at radius 1 is 1.23 bits per heavy atom. The topological polar surface area (TPSA) is 52.9 Å². The summed E-state index contributed by atoms with van der Waals surface area (Å²) in [6.07, 6.45) is 2.35. The van der Waals surface area contributed by atoms with Gasteiger partial charge in [-0.25, -0.2) is 0 Å². The molecule has 2 aromatic rings. The van der Waals surface area contributed by atoms with E-state index >= 15 is 0 Å². The third kappa shape index (κ3) is 3.97. The quantitative estimate of drug-likeness (QED) is 0.670. The van der Waals surface area contributed by atoms with Crippen LogP contribution in [0.1, 0.15) is 18.1 Å². The zero-order valence-corrected chi connectivity index (χ0v) is 12.9. The molecule has 0 fully saturated rings. The molecule has 0 unspecified atom stereocenters. The van der Waals surface area contributed by atoms with Gasteiger partial charge in [-0.1, -0.05) is 48.9 Å². The minimum atomic E-state index is -0.418. The van der Waals surface area contributed by atoms with E-state index in [0.717, 1.165) is 23.2 Å². The molecule has 0 aliphatic heterocycles. The first-order valence-corrected chi connectivity index (χ1v) is 7.28. The molecule has 0 saturated carbocycles. The second-order valence-electron chi connectivity index (χ2n) is 4.69. The number of rotatable bonds is 4. The van der Waals surface area contributed by atoms with Crippen molar-refractivity contribution in [3.63, 3.8) is 0 Å². The Balaban J connectivity index is 2.22. The normalized spacial score (nSPS) is 10.9. The number of nitrogens with one attached hydrogen (secondary N) is 1. The summed E-state index contributed by atoms with van der Waals surface area (Å²) >= 11 is 5.82. The van der Waals surface area contributed by atoms with Crippen molar-refractivity contribution in [1.82, 2.24) is 0 Å². The van der Waals surface area contributed by atoms with Gasteiger partial charge in [0.1, 0.15) is 11.6 Å². The zero-order valence-electron chi connectivity index (χ0n) is 12.1. The average Bonchev–Trinajstić information content (AvgIpc) is 2.54. The molecule has 2 rings (SSSR count). The number of hydrogen-bond acceptors (Lipinski definition) is 2. The van der Waals surface area contributed by atoms with Gasteiger partial charge in [0.05, 0.1) is 0 Å². The van der Waals surface area contributed by atoms with E-state index < -0.39 is 5.91 Å². The third-order valence-electron chi connectivity index (χ3n) is 3.19. The number of carbonyl (C=O) groups excluding carboxylic acids is 1. The van der Waals surface area contributed by atoms with Crippen LogP contribution in [-0.2, 0) is 11.2 Å². The van der Waals surface area contributed by atoms with Crippen molar-refractivity contribution in [2.75, 3.05) is 5.32 Å². The van der Waals surface area contributed by atoms with Crippen molar-refractivity contribution >= 4 is 29.3 Å². The number of nitrogens with zero attached hydrogens (tertiary/aromatic N) is 1. The Labute approximate surface area is 134 Å². The first kappa shape index (κ1) is 15.8. The van der Waals surface area contributed by atoms with Crippen molar-refractivity contribution in [3.8, 4) is 6.07 Å². The second-order valence-corrected chi connectivity index (χ2v) is 5.12. The number of halogens is 1. The van der Waals surface area contributed by atoms with E-state index in [1.165, 1.54) is 0 Å². The van der Waals surface area contributed by atoms with Gasteiger partial charge >= 0.3 is 0 Å². The van der Waals surface area contributed by atoms with Crippen molar-refractivity contribution in [2.24, 2.45) is 0 Å². The van der Waals surface area contributed by atoms with E-state index in [1.54, 1.807) is 30.3 Å². The van der Waals surface area contributed by atoms with Gasteiger partial charge in [-0.05, 0) is 41.8 Å². The van der Waals surface area contributed by atoms with Crippen LogP contribution >= 0.6 is 11.6 Å². The van der Waals surface area contributed by atoms with Crippen LogP contribution in [0.5, 0.6) is 0 Å². The van der Waals surface area contributed by atoms with Gasteiger partial charge in [0, 0.05) is 10.7 Å². The minimum absolute atomic E-state index is 0.0493. The standard InChI is InChI=1S/C18H15ClN2O/c1-2-14-5-3-4-6-17(14)21-18(22)15(12-20)11-13-7-9-16(19)10-8-13/h3-11H,2H2,1H3,(H,21,22)/b15-11+. The summed E-state index contributed by atoms with van der Waals surface area (Å²) in [6, 6.07) is 16.4. The van der Waals surface area contributed by atoms with Crippen LogP contribution in [-0.4, -0.2) is 5.91 Å². The number of benzene rings is 2. The summed E-state index contributed by atoms with van der Waals surface area (Å²) in [5.41, 5.74) is 2.56. The number of para-hydroxylation sites is 1. The Morgan fingerprint density at radius 2 is 1.91 bits per heavy atom. The van der Waals surface area contributed by atoms with Crippen LogP contribution < -0.4 is 5.32 Å². The first-order chi connectivity index (χ1) is 10.6. The summed E-state index contributed by atoms with van der Waals surface area (Å²) < 4.78 is 0. The van der Waals surface area contributed by atoms with Crippen LogP contribution in [0.15, 0.2) is 54.1 Å². The average molecular weight is 311 g/mol. The summed E-state index contributed by atoms with van der Waals surface area (Å²) in [5.74, 6) is -0.418. The molecule has 0 atom stereocenters. The number of carbonyl (C=O) groups is 1. The highest BCUT2D eigenvalue weighted by atomic mass is 35.5. The van der Waals surface area contributed by atoms with E-state index in [1.807, 2.05) is 37.3 Å². The van der Waals surface area contributed by atoms with Gasteiger partial charge in [0.25, 0.3) is 5.91 Å². The Hall–Kier alpha value is -2.57. The van der Waals surface area contributed by atoms with E-state index in [4.69, 9.17) is 11.6 Å². The van der Waals surface area contributed by atoms with E-state index in [0.29, 0.717) is 5.02 Å². The molecular formula is C18H15ClN2O. The van der Waals surface area contributed by atoms with Gasteiger partial charge in [-0.15, -0.1) is 0 Å². The zero-order chi connectivity index (χ0) is 15.9. The fourth-order valence-corrected chi connectivity index (χ4v) is 2.14. The number of nitriles is 1. The maximum absolute atomic E-state index is 12.3. The van der Waals surface area contributed by atoms with E-state index in [9.17, 15) is 10.1 Å². The van der Waals surface area contributed by atoms with Crippen molar-refractivity contribution in [2.45, 2.75) is 13.3 Å². The van der Waals surface area contributed by atoms with Crippen LogP contribution in [0, 0.1) is 11.3 Å². The van der Waals surface area contributed by atoms with Gasteiger partial charge in [0.2, 0.25) is 0 Å². The van der Waals surface area contributed by atoms with Gasteiger partial charge < -0.3 is 5.32 Å². The van der Waals surface area contributed by atoms with Crippen molar-refractivity contribution in [1.29, 1.82) is 5.26 Å². The lowest BCUT2D eigenvalue weighted by Gasteiger charge is -2.09.